The number of anilines is 1. The summed E-state index contributed by atoms with van der Waals surface area (Å²) >= 11 is 11.9. The van der Waals surface area contributed by atoms with Crippen LogP contribution in [0.2, 0.25) is 10.0 Å². The van der Waals surface area contributed by atoms with Crippen molar-refractivity contribution >= 4 is 50.5 Å². The van der Waals surface area contributed by atoms with E-state index in [-0.39, 0.29) is 28.9 Å². The fraction of sp³-hybridized carbons (Fsp3) is 0.350. The minimum absolute atomic E-state index is 0.0451. The average Bonchev–Trinajstić information content (AvgIpc) is 2.72. The lowest BCUT2D eigenvalue weighted by atomic mass is 9.98. The highest BCUT2D eigenvalue weighted by Gasteiger charge is 2.32. The lowest BCUT2D eigenvalue weighted by Gasteiger charge is -2.31. The third-order valence-corrected chi connectivity index (χ3v) is 7.73. The summed E-state index contributed by atoms with van der Waals surface area (Å²) in [6, 6.07) is 8.88. The number of hydrogen-bond acceptors (Lipinski definition) is 5. The highest BCUT2D eigenvalue weighted by atomic mass is 35.5. The molecule has 0 saturated carbocycles. The smallest absolute Gasteiger partial charge is 0.271 e. The molecule has 2 aromatic rings. The predicted octanol–water partition coefficient (Wildman–Crippen LogP) is 4.39. The molecule has 166 valence electrons. The van der Waals surface area contributed by atoms with Gasteiger partial charge in [0.15, 0.2) is 0 Å². The van der Waals surface area contributed by atoms with E-state index in [2.05, 4.69) is 5.32 Å². The molecule has 0 bridgehead atoms. The van der Waals surface area contributed by atoms with Crippen LogP contribution in [0.5, 0.6) is 0 Å². The number of piperidine rings is 1. The number of nitro benzene ring substituents is 1. The van der Waals surface area contributed by atoms with Crippen LogP contribution in [0, 0.1) is 23.0 Å². The van der Waals surface area contributed by atoms with Crippen LogP contribution in [0.25, 0.3) is 0 Å². The van der Waals surface area contributed by atoms with E-state index in [1.54, 1.807) is 25.1 Å². The van der Waals surface area contributed by atoms with Crippen molar-refractivity contribution in [2.45, 2.75) is 25.5 Å². The molecule has 3 rings (SSSR count). The summed E-state index contributed by atoms with van der Waals surface area (Å²) in [5.74, 6) is -1.17. The zero-order valence-electron chi connectivity index (χ0n) is 16.7. The summed E-state index contributed by atoms with van der Waals surface area (Å²) in [6.45, 7) is 2.10. The monoisotopic (exact) mass is 485 g/mol. The van der Waals surface area contributed by atoms with Gasteiger partial charge in [0.1, 0.15) is 0 Å². The van der Waals surface area contributed by atoms with E-state index < -0.39 is 20.9 Å². The molecule has 1 aliphatic heterocycles. The SMILES string of the molecule is Cc1ccc([N+](=O)[O-])cc1NC(=O)C1CCCN(S(=O)(=O)Cc2ccc(Cl)c(Cl)c2)C1. The first-order chi connectivity index (χ1) is 14.6. The summed E-state index contributed by atoms with van der Waals surface area (Å²) in [5.41, 5.74) is 1.40. The molecule has 0 spiro atoms. The van der Waals surface area contributed by atoms with Gasteiger partial charge in [-0.1, -0.05) is 35.3 Å². The van der Waals surface area contributed by atoms with E-state index in [0.717, 1.165) is 0 Å². The first-order valence-electron chi connectivity index (χ1n) is 9.54. The maximum absolute atomic E-state index is 12.9. The molecule has 1 atom stereocenters. The molecular formula is C20H21Cl2N3O5S. The van der Waals surface area contributed by atoms with Crippen molar-refractivity contribution in [2.75, 3.05) is 18.4 Å². The number of halogens is 2. The first-order valence-corrected chi connectivity index (χ1v) is 11.9. The molecule has 8 nitrogen and oxygen atoms in total. The molecule has 1 amide bonds. The number of sulfonamides is 1. The van der Waals surface area contributed by atoms with Crippen molar-refractivity contribution < 1.29 is 18.1 Å². The zero-order chi connectivity index (χ0) is 22.8. The molecule has 1 fully saturated rings. The number of benzene rings is 2. The Morgan fingerprint density at radius 1 is 1.23 bits per heavy atom. The van der Waals surface area contributed by atoms with E-state index in [4.69, 9.17) is 23.2 Å². The van der Waals surface area contributed by atoms with Gasteiger partial charge in [-0.25, -0.2) is 12.7 Å². The van der Waals surface area contributed by atoms with E-state index in [0.29, 0.717) is 41.2 Å². The third-order valence-electron chi connectivity index (χ3n) is 5.17. The largest absolute Gasteiger partial charge is 0.325 e. The van der Waals surface area contributed by atoms with Crippen LogP contribution in [-0.4, -0.2) is 36.6 Å². The van der Waals surface area contributed by atoms with Gasteiger partial charge in [0.05, 0.1) is 32.3 Å². The van der Waals surface area contributed by atoms with Gasteiger partial charge in [-0.3, -0.25) is 14.9 Å². The summed E-state index contributed by atoms with van der Waals surface area (Å²) in [4.78, 5) is 23.2. The van der Waals surface area contributed by atoms with Gasteiger partial charge in [-0.15, -0.1) is 0 Å². The second-order valence-corrected chi connectivity index (χ2v) is 10.2. The van der Waals surface area contributed by atoms with Crippen molar-refractivity contribution in [3.05, 3.63) is 67.7 Å². The Bertz CT molecular complexity index is 1120. The number of amides is 1. The molecule has 1 unspecified atom stereocenters. The molecule has 0 aliphatic carbocycles. The number of nitrogens with one attached hydrogen (secondary N) is 1. The molecule has 1 N–H and O–H groups in total. The highest BCUT2D eigenvalue weighted by molar-refractivity contribution is 7.88. The number of carbonyl (C=O) groups is 1. The Morgan fingerprint density at radius 3 is 2.65 bits per heavy atom. The number of hydrogen-bond donors (Lipinski definition) is 1. The Labute approximate surface area is 190 Å². The number of nitrogens with zero attached hydrogens (tertiary/aromatic N) is 2. The van der Waals surface area contributed by atoms with Gasteiger partial charge in [0.25, 0.3) is 5.69 Å². The Kier molecular flexibility index (Phi) is 7.20. The van der Waals surface area contributed by atoms with Crippen LogP contribution in [-0.2, 0) is 20.6 Å². The number of aryl methyl sites for hydroxylation is 1. The molecule has 1 heterocycles. The van der Waals surface area contributed by atoms with Crippen LogP contribution in [0.4, 0.5) is 11.4 Å². The lowest BCUT2D eigenvalue weighted by Crippen LogP contribution is -2.44. The number of non-ortho nitro benzene ring substituents is 1. The van der Waals surface area contributed by atoms with E-state index in [1.807, 2.05) is 0 Å². The molecular weight excluding hydrogens is 465 g/mol. The van der Waals surface area contributed by atoms with Gasteiger partial charge in [0, 0.05) is 25.2 Å². The summed E-state index contributed by atoms with van der Waals surface area (Å²) in [5, 5.41) is 14.3. The summed E-state index contributed by atoms with van der Waals surface area (Å²) in [7, 11) is -3.67. The molecule has 1 aliphatic rings. The molecule has 0 aromatic heterocycles. The Morgan fingerprint density at radius 2 is 1.97 bits per heavy atom. The van der Waals surface area contributed by atoms with Gasteiger partial charge < -0.3 is 5.32 Å². The molecule has 11 heteroatoms. The maximum Gasteiger partial charge on any atom is 0.271 e. The minimum Gasteiger partial charge on any atom is -0.325 e. The summed E-state index contributed by atoms with van der Waals surface area (Å²) in [6.07, 6.45) is 1.06. The van der Waals surface area contributed by atoms with E-state index in [1.165, 1.54) is 22.5 Å². The van der Waals surface area contributed by atoms with Gasteiger partial charge in [-0.05, 0) is 43.0 Å². The molecule has 0 radical (unpaired) electrons. The molecule has 2 aromatic carbocycles. The lowest BCUT2D eigenvalue weighted by molar-refractivity contribution is -0.384. The second kappa shape index (κ2) is 9.52. The van der Waals surface area contributed by atoms with Crippen LogP contribution in [0.1, 0.15) is 24.0 Å². The van der Waals surface area contributed by atoms with Crippen molar-refractivity contribution in [3.8, 4) is 0 Å². The standard InChI is InChI=1S/C20H21Cl2N3O5S/c1-13-4-6-16(25(27)28)10-19(13)23-20(26)15-3-2-8-24(11-15)31(29,30)12-14-5-7-17(21)18(22)9-14/h4-7,9-10,15H,2-3,8,11-12H2,1H3,(H,23,26). The zero-order valence-corrected chi connectivity index (χ0v) is 19.0. The quantitative estimate of drug-likeness (QED) is 0.481. The Balaban J connectivity index is 1.70. The second-order valence-electron chi connectivity index (χ2n) is 7.45. The fourth-order valence-electron chi connectivity index (χ4n) is 3.43. The normalized spacial score (nSPS) is 17.3. The number of rotatable bonds is 6. The minimum atomic E-state index is -3.67. The summed E-state index contributed by atoms with van der Waals surface area (Å²) < 4.78 is 27.1. The van der Waals surface area contributed by atoms with E-state index in [9.17, 15) is 23.3 Å². The van der Waals surface area contributed by atoms with Crippen LogP contribution in [0.15, 0.2) is 36.4 Å². The highest BCUT2D eigenvalue weighted by Crippen LogP contribution is 2.27. The van der Waals surface area contributed by atoms with Gasteiger partial charge in [-0.2, -0.15) is 0 Å². The Hall–Kier alpha value is -2.20. The fourth-order valence-corrected chi connectivity index (χ4v) is 5.35. The first kappa shape index (κ1) is 23.5. The van der Waals surface area contributed by atoms with Crippen molar-refractivity contribution in [1.29, 1.82) is 0 Å². The number of carbonyl (C=O) groups excluding carboxylic acids is 1. The van der Waals surface area contributed by atoms with Crippen molar-refractivity contribution in [3.63, 3.8) is 0 Å². The van der Waals surface area contributed by atoms with E-state index >= 15 is 0 Å². The third kappa shape index (κ3) is 5.74. The van der Waals surface area contributed by atoms with Crippen LogP contribution in [0.3, 0.4) is 0 Å². The maximum atomic E-state index is 12.9. The van der Waals surface area contributed by atoms with Crippen molar-refractivity contribution in [2.24, 2.45) is 5.92 Å². The predicted molar refractivity (Wildman–Crippen MR) is 120 cm³/mol. The van der Waals surface area contributed by atoms with Crippen LogP contribution < -0.4 is 5.32 Å². The molecule has 1 saturated heterocycles. The molecule has 31 heavy (non-hydrogen) atoms. The topological polar surface area (TPSA) is 110 Å². The van der Waals surface area contributed by atoms with Crippen LogP contribution >= 0.6 is 23.2 Å². The van der Waals surface area contributed by atoms with Crippen molar-refractivity contribution in [1.82, 2.24) is 4.31 Å². The van der Waals surface area contributed by atoms with Gasteiger partial charge >= 0.3 is 0 Å². The average molecular weight is 486 g/mol. The van der Waals surface area contributed by atoms with Gasteiger partial charge in [0.2, 0.25) is 15.9 Å². The number of nitro groups is 1.